The molecule has 0 aliphatic rings. The molecule has 163 valence electrons. The largest absolute Gasteiger partial charge is 3.00 e. The molecule has 16 heteroatoms. The first-order chi connectivity index (χ1) is 13.5. The van der Waals surface area contributed by atoms with Crippen molar-refractivity contribution in [2.75, 3.05) is 0 Å². The average molecular weight is 511 g/mol. The Morgan fingerprint density at radius 2 is 1.66 bits per heavy atom. The standard InChI is InChI=1S/C16H14N4O8S.Cr.Na.H2O/c1-9(21)14(16(23)17-10-5-3-2-4-6-10)19-18-12-7-11(20(24)25)8-13(15(12)22)29(26,27)28;;;/h2-8,21-22H,1H3,(H,17,23)(H,26,27,28);;;1H2/q;+3;+1;/p-4. The molecule has 1 radical (unpaired) electrons. The first kappa shape index (κ1) is 31.8. The third-order valence-electron chi connectivity index (χ3n) is 3.28. The van der Waals surface area contributed by atoms with E-state index in [0.29, 0.717) is 6.07 Å². The summed E-state index contributed by atoms with van der Waals surface area (Å²) in [5.74, 6) is -3.46. The Labute approximate surface area is 214 Å². The number of hydrogen-bond donors (Lipinski definition) is 0. The van der Waals surface area contributed by atoms with Crippen molar-refractivity contribution in [1.29, 1.82) is 0 Å². The van der Waals surface area contributed by atoms with Crippen molar-refractivity contribution in [3.05, 3.63) is 64.0 Å². The van der Waals surface area contributed by atoms with Crippen molar-refractivity contribution in [2.45, 2.75) is 11.8 Å². The van der Waals surface area contributed by atoms with Gasteiger partial charge in [-0.3, -0.25) is 15.1 Å². The average Bonchev–Trinajstić information content (AvgIpc) is 2.62. The van der Waals surface area contributed by atoms with Gasteiger partial charge in [-0.25, -0.2) is 8.42 Å². The Bertz CT molecular complexity index is 1150. The fraction of sp³-hybridized carbons (Fsp3) is 0.0625. The second-order valence-electron chi connectivity index (χ2n) is 5.36. The van der Waals surface area contributed by atoms with Crippen LogP contribution in [0.2, 0.25) is 0 Å². The Morgan fingerprint density at radius 3 is 2.12 bits per heavy atom. The summed E-state index contributed by atoms with van der Waals surface area (Å²) in [6.07, 6.45) is 0. The second-order valence-corrected chi connectivity index (χ2v) is 6.71. The number of para-hydroxylation sites is 1. The van der Waals surface area contributed by atoms with E-state index in [1.54, 1.807) is 18.2 Å². The predicted octanol–water partition coefficient (Wildman–Crippen LogP) is -3.48. The molecular weight excluding hydrogens is 499 g/mol. The van der Waals surface area contributed by atoms with Gasteiger partial charge in [0.2, 0.25) is 0 Å². The first-order valence-electron chi connectivity index (χ1n) is 7.57. The summed E-state index contributed by atoms with van der Waals surface area (Å²) in [5.41, 5.74) is -2.45. The van der Waals surface area contributed by atoms with Gasteiger partial charge in [0.25, 0.3) is 5.69 Å². The number of non-ortho nitro benzene ring substituents is 1. The number of nitro groups is 1. The van der Waals surface area contributed by atoms with Crippen molar-refractivity contribution in [2.24, 2.45) is 15.2 Å². The Balaban J connectivity index is 0. The molecule has 2 aromatic rings. The van der Waals surface area contributed by atoms with Gasteiger partial charge in [-0.05, 0) is 12.1 Å². The molecule has 0 unspecified atom stereocenters. The van der Waals surface area contributed by atoms with Gasteiger partial charge < -0.3 is 25.3 Å². The molecule has 0 atom stereocenters. The third-order valence-corrected chi connectivity index (χ3v) is 4.12. The molecule has 0 heterocycles. The molecule has 2 rings (SSSR count). The fourth-order valence-electron chi connectivity index (χ4n) is 1.98. The molecule has 0 aromatic heterocycles. The van der Waals surface area contributed by atoms with Gasteiger partial charge in [-0.2, -0.15) is 10.2 Å². The predicted molar refractivity (Wildman–Crippen MR) is 94.9 cm³/mol. The summed E-state index contributed by atoms with van der Waals surface area (Å²) >= 11 is 0. The molecule has 0 spiro atoms. The number of nitro benzene ring substituents is 1. The molecule has 2 N–H and O–H groups in total. The van der Waals surface area contributed by atoms with E-state index < -0.39 is 54.4 Å². The molecular formula is C16H12CrN4NaO9S. The first-order valence-corrected chi connectivity index (χ1v) is 8.97. The Morgan fingerprint density at radius 1 is 1.09 bits per heavy atom. The Kier molecular flexibility index (Phi) is 13.2. The van der Waals surface area contributed by atoms with Gasteiger partial charge in [-0.15, -0.1) is 5.76 Å². The van der Waals surface area contributed by atoms with E-state index in [4.69, 9.17) is 0 Å². The third kappa shape index (κ3) is 8.30. The van der Waals surface area contributed by atoms with E-state index in [-0.39, 0.29) is 64.1 Å². The van der Waals surface area contributed by atoms with Crippen molar-refractivity contribution in [3.63, 3.8) is 0 Å². The molecule has 2 aromatic carbocycles. The van der Waals surface area contributed by atoms with Gasteiger partial charge in [0.05, 0.1) is 26.9 Å². The molecule has 32 heavy (non-hydrogen) atoms. The topological polar surface area (TPSA) is 238 Å². The van der Waals surface area contributed by atoms with Gasteiger partial charge >= 0.3 is 46.9 Å². The van der Waals surface area contributed by atoms with E-state index in [1.807, 2.05) is 0 Å². The molecule has 0 saturated carbocycles. The molecule has 0 bridgehead atoms. The maximum absolute atomic E-state index is 12.2. The number of hydrogen-bond acceptors (Lipinski definition) is 11. The maximum Gasteiger partial charge on any atom is 3.00 e. The normalized spacial score (nSPS) is 12.1. The van der Waals surface area contributed by atoms with Crippen LogP contribution in [0.15, 0.2) is 74.0 Å². The maximum atomic E-state index is 12.2. The summed E-state index contributed by atoms with van der Waals surface area (Å²) in [4.78, 5) is 12.1. The van der Waals surface area contributed by atoms with Crippen LogP contribution in [0.5, 0.6) is 5.75 Å². The van der Waals surface area contributed by atoms with Crippen LogP contribution in [0.4, 0.5) is 17.1 Å². The van der Waals surface area contributed by atoms with Gasteiger partial charge in [0.1, 0.15) is 10.1 Å². The van der Waals surface area contributed by atoms with E-state index in [9.17, 15) is 38.4 Å². The number of allylic oxidation sites excluding steroid dienone is 1. The zero-order chi connectivity index (χ0) is 21.8. The monoisotopic (exact) mass is 511 g/mol. The zero-order valence-electron chi connectivity index (χ0n) is 16.4. The molecule has 0 aliphatic carbocycles. The van der Waals surface area contributed by atoms with Gasteiger partial charge in [0.15, 0.2) is 0 Å². The minimum Gasteiger partial charge on any atom is -0.874 e. The van der Waals surface area contributed by atoms with Crippen LogP contribution in [0.3, 0.4) is 0 Å². The number of azo groups is 1. The SMILES string of the molecule is CC([O-])=C(N=Nc1cc([N+](=O)[O-])cc(S(=O)(=O)[O-])c1[O-])C([O-])=Nc1ccccc1.O.[Cr+3].[Na+]. The minimum atomic E-state index is -5.35. The van der Waals surface area contributed by atoms with E-state index in [0.717, 1.165) is 6.92 Å². The zero-order valence-corrected chi connectivity index (χ0v) is 20.5. The molecule has 13 nitrogen and oxygen atoms in total. The molecule has 0 aliphatic heterocycles. The number of nitrogens with zero attached hydrogens (tertiary/aromatic N) is 4. The fourth-order valence-corrected chi connectivity index (χ4v) is 2.58. The van der Waals surface area contributed by atoms with E-state index in [2.05, 4.69) is 15.2 Å². The van der Waals surface area contributed by atoms with Gasteiger partial charge in [0, 0.05) is 18.0 Å². The van der Waals surface area contributed by atoms with Gasteiger partial charge in [-0.1, -0.05) is 30.9 Å². The number of aliphatic imine (C=N–C) groups is 1. The smallest absolute Gasteiger partial charge is 0.874 e. The molecule has 0 fully saturated rings. The van der Waals surface area contributed by atoms with Crippen LogP contribution in [-0.4, -0.2) is 29.3 Å². The summed E-state index contributed by atoms with van der Waals surface area (Å²) in [5, 5.41) is 53.4. The van der Waals surface area contributed by atoms with Crippen molar-refractivity contribution in [3.8, 4) is 5.75 Å². The van der Waals surface area contributed by atoms with Crippen LogP contribution < -0.4 is 44.9 Å². The van der Waals surface area contributed by atoms with Crippen LogP contribution in [0.25, 0.3) is 0 Å². The van der Waals surface area contributed by atoms with Crippen LogP contribution in [0, 0.1) is 10.1 Å². The summed E-state index contributed by atoms with van der Waals surface area (Å²) in [6, 6.07) is 8.60. The second kappa shape index (κ2) is 13.3. The van der Waals surface area contributed by atoms with Crippen LogP contribution in [-0.2, 0) is 27.5 Å². The van der Waals surface area contributed by atoms with E-state index >= 15 is 0 Å². The quantitative estimate of drug-likeness (QED) is 0.0550. The Hall–Kier alpha value is -2.35. The molecule has 0 amide bonds. The van der Waals surface area contributed by atoms with Crippen LogP contribution >= 0.6 is 0 Å². The van der Waals surface area contributed by atoms with Crippen molar-refractivity contribution in [1.82, 2.24) is 0 Å². The summed E-state index contributed by atoms with van der Waals surface area (Å²) in [7, 11) is -5.35. The number of rotatable bonds is 6. The van der Waals surface area contributed by atoms with Crippen molar-refractivity contribution < 1.29 is 85.6 Å². The summed E-state index contributed by atoms with van der Waals surface area (Å²) < 4.78 is 33.5. The summed E-state index contributed by atoms with van der Waals surface area (Å²) in [6.45, 7) is 0.964. The van der Waals surface area contributed by atoms with Crippen LogP contribution in [0.1, 0.15) is 6.92 Å². The van der Waals surface area contributed by atoms with Crippen molar-refractivity contribution >= 4 is 33.1 Å². The number of benzene rings is 2. The molecule has 0 saturated heterocycles. The van der Waals surface area contributed by atoms with E-state index in [1.165, 1.54) is 12.1 Å². The minimum absolute atomic E-state index is 0.